The van der Waals surface area contributed by atoms with Crippen molar-refractivity contribution in [3.63, 3.8) is 0 Å². The molecule has 0 aliphatic carbocycles. The van der Waals surface area contributed by atoms with E-state index in [0.717, 1.165) is 77.5 Å². The SMILES string of the molecule is c1ccc(-c2ccc3oc4ccc5c6cc(-c7cc(-c8ccccc8)nc(-c8ccccc8)n7)ccc6oc5c4c3c2)cc1. The average molecular weight is 565 g/mol. The molecular formula is C40H24N2O2. The van der Waals surface area contributed by atoms with Gasteiger partial charge < -0.3 is 8.83 Å². The topological polar surface area (TPSA) is 52.1 Å². The maximum Gasteiger partial charge on any atom is 0.160 e. The molecule has 0 aliphatic rings. The summed E-state index contributed by atoms with van der Waals surface area (Å²) in [6, 6.07) is 49.7. The zero-order chi connectivity index (χ0) is 29.0. The molecule has 4 nitrogen and oxygen atoms in total. The molecule has 0 saturated carbocycles. The lowest BCUT2D eigenvalue weighted by Crippen LogP contribution is -1.95. The third-order valence-corrected chi connectivity index (χ3v) is 8.30. The summed E-state index contributed by atoms with van der Waals surface area (Å²) < 4.78 is 12.8. The molecule has 0 fully saturated rings. The first-order valence-electron chi connectivity index (χ1n) is 14.7. The number of fused-ring (bicyclic) bond motifs is 7. The molecule has 4 heteroatoms. The van der Waals surface area contributed by atoms with Crippen LogP contribution in [0.4, 0.5) is 0 Å². The lowest BCUT2D eigenvalue weighted by molar-refractivity contribution is 0.663. The van der Waals surface area contributed by atoms with Crippen LogP contribution in [-0.4, -0.2) is 9.97 Å². The summed E-state index contributed by atoms with van der Waals surface area (Å²) in [6.07, 6.45) is 0. The van der Waals surface area contributed by atoms with Gasteiger partial charge in [0.25, 0.3) is 0 Å². The number of aromatic nitrogens is 2. The van der Waals surface area contributed by atoms with Gasteiger partial charge >= 0.3 is 0 Å². The van der Waals surface area contributed by atoms with Gasteiger partial charge in [-0.25, -0.2) is 9.97 Å². The fourth-order valence-corrected chi connectivity index (χ4v) is 6.13. The summed E-state index contributed by atoms with van der Waals surface area (Å²) in [4.78, 5) is 9.98. The van der Waals surface area contributed by atoms with Gasteiger partial charge in [-0.05, 0) is 59.7 Å². The van der Waals surface area contributed by atoms with Crippen LogP contribution in [-0.2, 0) is 0 Å². The summed E-state index contributed by atoms with van der Waals surface area (Å²) in [5.41, 5.74) is 10.4. The highest BCUT2D eigenvalue weighted by Crippen LogP contribution is 2.41. The molecule has 9 aromatic rings. The minimum atomic E-state index is 0.694. The van der Waals surface area contributed by atoms with Crippen molar-refractivity contribution in [3.8, 4) is 45.0 Å². The van der Waals surface area contributed by atoms with E-state index in [1.165, 1.54) is 5.56 Å². The molecule has 206 valence electrons. The molecule has 3 heterocycles. The predicted octanol–water partition coefficient (Wildman–Crippen LogP) is 10.9. The van der Waals surface area contributed by atoms with Crippen molar-refractivity contribution in [1.82, 2.24) is 9.97 Å². The highest BCUT2D eigenvalue weighted by Gasteiger charge is 2.18. The van der Waals surface area contributed by atoms with Gasteiger partial charge in [-0.2, -0.15) is 0 Å². The van der Waals surface area contributed by atoms with Crippen LogP contribution in [0.1, 0.15) is 0 Å². The van der Waals surface area contributed by atoms with Crippen molar-refractivity contribution >= 4 is 43.9 Å². The molecule has 9 rings (SSSR count). The Labute approximate surface area is 252 Å². The Balaban J connectivity index is 1.24. The Kier molecular flexibility index (Phi) is 5.47. The minimum Gasteiger partial charge on any atom is -0.456 e. The molecular weight excluding hydrogens is 540 g/mol. The van der Waals surface area contributed by atoms with Gasteiger partial charge in [-0.1, -0.05) is 97.1 Å². The second kappa shape index (κ2) is 9.79. The molecule has 0 amide bonds. The number of benzene rings is 6. The molecule has 3 aromatic heterocycles. The van der Waals surface area contributed by atoms with E-state index in [9.17, 15) is 0 Å². The van der Waals surface area contributed by atoms with E-state index in [4.69, 9.17) is 18.8 Å². The Bertz CT molecular complexity index is 2420. The Morgan fingerprint density at radius 1 is 0.364 bits per heavy atom. The number of hydrogen-bond acceptors (Lipinski definition) is 4. The van der Waals surface area contributed by atoms with Crippen LogP contribution in [0.2, 0.25) is 0 Å². The van der Waals surface area contributed by atoms with Crippen molar-refractivity contribution in [2.75, 3.05) is 0 Å². The Hall–Kier alpha value is -6.00. The van der Waals surface area contributed by atoms with Crippen molar-refractivity contribution in [1.29, 1.82) is 0 Å². The molecule has 0 aliphatic heterocycles. The molecule has 0 unspecified atom stereocenters. The number of furan rings is 2. The van der Waals surface area contributed by atoms with Gasteiger partial charge in [-0.3, -0.25) is 0 Å². The smallest absolute Gasteiger partial charge is 0.160 e. The fraction of sp³-hybridized carbons (Fsp3) is 0. The van der Waals surface area contributed by atoms with E-state index in [2.05, 4.69) is 72.8 Å². The minimum absolute atomic E-state index is 0.694. The summed E-state index contributed by atoms with van der Waals surface area (Å²) in [6.45, 7) is 0. The Morgan fingerprint density at radius 2 is 0.932 bits per heavy atom. The van der Waals surface area contributed by atoms with Gasteiger partial charge in [0.1, 0.15) is 22.3 Å². The van der Waals surface area contributed by atoms with Crippen molar-refractivity contribution in [3.05, 3.63) is 146 Å². The molecule has 0 saturated heterocycles. The van der Waals surface area contributed by atoms with Crippen LogP contribution in [0.15, 0.2) is 154 Å². The number of hydrogen-bond donors (Lipinski definition) is 0. The van der Waals surface area contributed by atoms with Crippen molar-refractivity contribution < 1.29 is 8.83 Å². The summed E-state index contributed by atoms with van der Waals surface area (Å²) in [7, 11) is 0. The average Bonchev–Trinajstić information content (AvgIpc) is 3.66. The summed E-state index contributed by atoms with van der Waals surface area (Å²) in [5.74, 6) is 0.694. The molecule has 0 spiro atoms. The predicted molar refractivity (Wildman–Crippen MR) is 178 cm³/mol. The summed E-state index contributed by atoms with van der Waals surface area (Å²) in [5, 5.41) is 4.12. The van der Waals surface area contributed by atoms with E-state index < -0.39 is 0 Å². The second-order valence-corrected chi connectivity index (χ2v) is 11.0. The molecule has 0 radical (unpaired) electrons. The first kappa shape index (κ1) is 24.6. The lowest BCUT2D eigenvalue weighted by atomic mass is 10.0. The van der Waals surface area contributed by atoms with Gasteiger partial charge in [0, 0.05) is 32.8 Å². The zero-order valence-corrected chi connectivity index (χ0v) is 23.6. The quantitative estimate of drug-likeness (QED) is 0.213. The standard InChI is InChI=1S/C40H24N2O2/c1-4-10-25(11-5-1)28-16-19-36-32(22-28)38-37(43-36)21-18-30-31-23-29(17-20-35(31)44-39(30)38)34-24-33(26-12-6-2-7-13-26)41-40(42-34)27-14-8-3-9-15-27/h1-24H. The first-order chi connectivity index (χ1) is 21.8. The van der Waals surface area contributed by atoms with Crippen molar-refractivity contribution in [2.24, 2.45) is 0 Å². The van der Waals surface area contributed by atoms with Gasteiger partial charge in [0.15, 0.2) is 5.82 Å². The molecule has 6 aromatic carbocycles. The highest BCUT2D eigenvalue weighted by molar-refractivity contribution is 6.22. The van der Waals surface area contributed by atoms with Crippen LogP contribution in [0.5, 0.6) is 0 Å². The van der Waals surface area contributed by atoms with Crippen LogP contribution in [0.25, 0.3) is 88.9 Å². The van der Waals surface area contributed by atoms with Crippen molar-refractivity contribution in [2.45, 2.75) is 0 Å². The Morgan fingerprint density at radius 3 is 1.66 bits per heavy atom. The van der Waals surface area contributed by atoms with E-state index in [-0.39, 0.29) is 0 Å². The number of rotatable bonds is 4. The summed E-state index contributed by atoms with van der Waals surface area (Å²) >= 11 is 0. The first-order valence-corrected chi connectivity index (χ1v) is 14.7. The largest absolute Gasteiger partial charge is 0.456 e. The fourth-order valence-electron chi connectivity index (χ4n) is 6.13. The maximum atomic E-state index is 6.56. The van der Waals surface area contributed by atoms with Gasteiger partial charge in [0.05, 0.1) is 16.8 Å². The van der Waals surface area contributed by atoms with Crippen LogP contribution in [0.3, 0.4) is 0 Å². The number of nitrogens with zero attached hydrogens (tertiary/aromatic N) is 2. The lowest BCUT2D eigenvalue weighted by Gasteiger charge is -2.09. The third-order valence-electron chi connectivity index (χ3n) is 8.30. The van der Waals surface area contributed by atoms with E-state index >= 15 is 0 Å². The van der Waals surface area contributed by atoms with Gasteiger partial charge in [0.2, 0.25) is 0 Å². The van der Waals surface area contributed by atoms with Crippen LogP contribution >= 0.6 is 0 Å². The maximum absolute atomic E-state index is 6.56. The molecule has 0 atom stereocenters. The third kappa shape index (κ3) is 4.00. The van der Waals surface area contributed by atoms with Crippen LogP contribution < -0.4 is 0 Å². The van der Waals surface area contributed by atoms with E-state index in [1.807, 2.05) is 72.8 Å². The normalized spacial score (nSPS) is 11.6. The molecule has 0 N–H and O–H groups in total. The van der Waals surface area contributed by atoms with E-state index in [1.54, 1.807) is 0 Å². The van der Waals surface area contributed by atoms with Crippen LogP contribution in [0, 0.1) is 0 Å². The second-order valence-electron chi connectivity index (χ2n) is 11.0. The van der Waals surface area contributed by atoms with E-state index in [0.29, 0.717) is 5.82 Å². The zero-order valence-electron chi connectivity index (χ0n) is 23.6. The highest BCUT2D eigenvalue weighted by atomic mass is 16.3. The monoisotopic (exact) mass is 564 g/mol. The molecule has 0 bridgehead atoms. The van der Waals surface area contributed by atoms with Gasteiger partial charge in [-0.15, -0.1) is 0 Å². The molecule has 44 heavy (non-hydrogen) atoms.